The summed E-state index contributed by atoms with van der Waals surface area (Å²) in [7, 11) is -4.32. The van der Waals surface area contributed by atoms with Crippen molar-refractivity contribution in [2.24, 2.45) is 0 Å². The lowest BCUT2D eigenvalue weighted by molar-refractivity contribution is 0.112. The van der Waals surface area contributed by atoms with E-state index in [1.807, 2.05) is 0 Å². The monoisotopic (exact) mass is 382 g/mol. The maximum atomic E-state index is 11.3. The van der Waals surface area contributed by atoms with Gasteiger partial charge in [-0.25, -0.2) is 0 Å². The molecule has 1 aromatic carbocycles. The van der Waals surface area contributed by atoms with Crippen molar-refractivity contribution >= 4 is 22.9 Å². The van der Waals surface area contributed by atoms with E-state index in [4.69, 9.17) is 8.85 Å². The first-order valence-electron chi connectivity index (χ1n) is 8.73. The summed E-state index contributed by atoms with van der Waals surface area (Å²) in [5.41, 5.74) is 0.219. The first-order valence-corrected chi connectivity index (χ1v) is 14.5. The van der Waals surface area contributed by atoms with Gasteiger partial charge in [0.25, 0.3) is 16.6 Å². The maximum absolute atomic E-state index is 11.3. The van der Waals surface area contributed by atoms with Gasteiger partial charge in [-0.15, -0.1) is 0 Å². The van der Waals surface area contributed by atoms with E-state index in [9.17, 15) is 9.90 Å². The Morgan fingerprint density at radius 3 is 1.72 bits per heavy atom. The fourth-order valence-electron chi connectivity index (χ4n) is 1.68. The summed E-state index contributed by atoms with van der Waals surface area (Å²) < 4.78 is 12.8. The molecule has 0 saturated carbocycles. The Morgan fingerprint density at radius 1 is 0.880 bits per heavy atom. The Morgan fingerprint density at radius 2 is 1.32 bits per heavy atom. The quantitative estimate of drug-likeness (QED) is 0.503. The van der Waals surface area contributed by atoms with Crippen LogP contribution in [0.5, 0.6) is 17.2 Å². The number of aromatic hydroxyl groups is 1. The number of rotatable bonds is 5. The van der Waals surface area contributed by atoms with Crippen molar-refractivity contribution in [2.75, 3.05) is 0 Å². The van der Waals surface area contributed by atoms with Crippen molar-refractivity contribution in [1.29, 1.82) is 0 Å². The predicted molar refractivity (Wildman–Crippen MR) is 109 cm³/mol. The van der Waals surface area contributed by atoms with E-state index in [0.29, 0.717) is 17.8 Å². The minimum atomic E-state index is -2.21. The normalized spacial score (nSPS) is 13.5. The zero-order valence-corrected chi connectivity index (χ0v) is 19.4. The molecule has 0 radical (unpaired) electrons. The first-order chi connectivity index (χ1) is 11.0. The summed E-state index contributed by atoms with van der Waals surface area (Å²) in [6, 6.07) is 3.33. The molecule has 0 aromatic heterocycles. The van der Waals surface area contributed by atoms with Gasteiger partial charge in [0.15, 0.2) is 17.8 Å². The van der Waals surface area contributed by atoms with Gasteiger partial charge in [-0.3, -0.25) is 4.79 Å². The fraction of sp³-hybridized carbons (Fsp3) is 0.632. The number of hydrogen-bond acceptors (Lipinski definition) is 4. The average molecular weight is 383 g/mol. The van der Waals surface area contributed by atoms with Crippen molar-refractivity contribution in [1.82, 2.24) is 0 Å². The van der Waals surface area contributed by atoms with Crippen LogP contribution < -0.4 is 8.85 Å². The third kappa shape index (κ3) is 4.67. The molecule has 25 heavy (non-hydrogen) atoms. The van der Waals surface area contributed by atoms with Crippen molar-refractivity contribution in [3.63, 3.8) is 0 Å². The number of phenols is 1. The number of carbonyl (C=O) groups is 1. The highest BCUT2D eigenvalue weighted by atomic mass is 28.4. The molecular formula is C19H34O4Si2. The van der Waals surface area contributed by atoms with Crippen LogP contribution in [0, 0.1) is 0 Å². The van der Waals surface area contributed by atoms with Crippen LogP contribution in [0.4, 0.5) is 0 Å². The molecule has 4 nitrogen and oxygen atoms in total. The van der Waals surface area contributed by atoms with Gasteiger partial charge < -0.3 is 14.0 Å². The van der Waals surface area contributed by atoms with Gasteiger partial charge in [0.1, 0.15) is 5.75 Å². The predicted octanol–water partition coefficient (Wildman–Crippen LogP) is 5.97. The second-order valence-electron chi connectivity index (χ2n) is 9.67. The highest BCUT2D eigenvalue weighted by Gasteiger charge is 2.43. The zero-order chi connectivity index (χ0) is 19.8. The smallest absolute Gasteiger partial charge is 0.250 e. The molecule has 0 bridgehead atoms. The number of benzene rings is 1. The van der Waals surface area contributed by atoms with Gasteiger partial charge in [0, 0.05) is 0 Å². The Balaban J connectivity index is 3.46. The molecule has 6 heteroatoms. The maximum Gasteiger partial charge on any atom is 0.250 e. The van der Waals surface area contributed by atoms with Gasteiger partial charge in [0.05, 0.1) is 5.56 Å². The van der Waals surface area contributed by atoms with Gasteiger partial charge in [-0.2, -0.15) is 0 Å². The SMILES string of the molecule is CC(C)(C)[Si](C)(C)Oc1ccc(C=O)c(O)c1O[Si](C)(C)C(C)(C)C. The third-order valence-electron chi connectivity index (χ3n) is 5.59. The van der Waals surface area contributed by atoms with Crippen molar-refractivity contribution < 1.29 is 18.8 Å². The van der Waals surface area contributed by atoms with Crippen molar-refractivity contribution in [3.8, 4) is 17.2 Å². The molecule has 0 aliphatic heterocycles. The molecule has 1 rings (SSSR count). The Bertz CT molecular complexity index is 638. The number of phenolic OH excluding ortho intramolecular Hbond substituents is 1. The Labute approximate surface area is 154 Å². The summed E-state index contributed by atoms with van der Waals surface area (Å²) in [4.78, 5) is 11.3. The summed E-state index contributed by atoms with van der Waals surface area (Å²) in [5.74, 6) is 0.705. The highest BCUT2D eigenvalue weighted by Crippen LogP contribution is 2.47. The molecule has 0 atom stereocenters. The summed E-state index contributed by atoms with van der Waals surface area (Å²) in [6.07, 6.45) is 0.643. The van der Waals surface area contributed by atoms with Crippen LogP contribution in [0.2, 0.25) is 36.3 Å². The van der Waals surface area contributed by atoms with E-state index in [-0.39, 0.29) is 21.4 Å². The second-order valence-corrected chi connectivity index (χ2v) is 19.1. The van der Waals surface area contributed by atoms with Crippen molar-refractivity contribution in [3.05, 3.63) is 17.7 Å². The molecule has 142 valence electrons. The minimum absolute atomic E-state index is 0.0141. The lowest BCUT2D eigenvalue weighted by atomic mass is 10.2. The van der Waals surface area contributed by atoms with Crippen LogP contribution in [0.3, 0.4) is 0 Å². The van der Waals surface area contributed by atoms with Crippen LogP contribution in [-0.4, -0.2) is 28.0 Å². The third-order valence-corrected chi connectivity index (χ3v) is 14.3. The fourth-order valence-corrected chi connectivity index (χ4v) is 3.71. The zero-order valence-electron chi connectivity index (χ0n) is 17.4. The summed E-state index contributed by atoms with van der Waals surface area (Å²) >= 11 is 0. The Hall–Kier alpha value is -1.28. The largest absolute Gasteiger partial charge is 0.541 e. The molecule has 0 aliphatic carbocycles. The van der Waals surface area contributed by atoms with Gasteiger partial charge in [-0.1, -0.05) is 41.5 Å². The average Bonchev–Trinajstić information content (AvgIpc) is 2.40. The number of aldehydes is 1. The highest BCUT2D eigenvalue weighted by molar-refractivity contribution is 6.75. The molecule has 1 N–H and O–H groups in total. The van der Waals surface area contributed by atoms with Crippen LogP contribution in [0.15, 0.2) is 12.1 Å². The number of hydrogen-bond donors (Lipinski definition) is 1. The van der Waals surface area contributed by atoms with E-state index < -0.39 is 16.6 Å². The summed E-state index contributed by atoms with van der Waals surface area (Å²) in [6.45, 7) is 21.4. The van der Waals surface area contributed by atoms with E-state index in [1.54, 1.807) is 12.1 Å². The minimum Gasteiger partial charge on any atom is -0.541 e. The van der Waals surface area contributed by atoms with Crippen LogP contribution in [0.25, 0.3) is 0 Å². The Kier molecular flexibility index (Phi) is 5.92. The second kappa shape index (κ2) is 6.80. The lowest BCUT2D eigenvalue weighted by Crippen LogP contribution is -2.45. The van der Waals surface area contributed by atoms with E-state index in [1.165, 1.54) is 0 Å². The van der Waals surface area contributed by atoms with Crippen LogP contribution >= 0.6 is 0 Å². The molecular weight excluding hydrogens is 348 g/mol. The summed E-state index contributed by atoms with van der Waals surface area (Å²) in [5, 5.41) is 10.6. The van der Waals surface area contributed by atoms with Gasteiger partial charge >= 0.3 is 0 Å². The molecule has 0 fully saturated rings. The standard InChI is InChI=1S/C19H34O4Si2/c1-18(2,3)24(7,8)22-15-12-11-14(13-20)16(21)17(15)23-25(9,10)19(4,5)6/h11-13,21H,1-10H3. The number of carbonyl (C=O) groups excluding carboxylic acids is 1. The van der Waals surface area contributed by atoms with E-state index in [0.717, 1.165) is 0 Å². The molecule has 0 aliphatic rings. The molecule has 1 aromatic rings. The van der Waals surface area contributed by atoms with Crippen molar-refractivity contribution in [2.45, 2.75) is 77.8 Å². The molecule has 0 unspecified atom stereocenters. The van der Waals surface area contributed by atoms with Gasteiger partial charge in [0.2, 0.25) is 0 Å². The molecule has 0 amide bonds. The van der Waals surface area contributed by atoms with E-state index in [2.05, 4.69) is 67.7 Å². The molecule has 0 saturated heterocycles. The van der Waals surface area contributed by atoms with Crippen LogP contribution in [0.1, 0.15) is 51.9 Å². The molecule has 0 spiro atoms. The van der Waals surface area contributed by atoms with Gasteiger partial charge in [-0.05, 0) is 48.4 Å². The first kappa shape index (κ1) is 21.8. The van der Waals surface area contributed by atoms with Crippen LogP contribution in [-0.2, 0) is 0 Å². The van der Waals surface area contributed by atoms with E-state index >= 15 is 0 Å². The lowest BCUT2D eigenvalue weighted by Gasteiger charge is -2.39. The molecule has 0 heterocycles. The topological polar surface area (TPSA) is 55.8 Å².